The third-order valence-electron chi connectivity index (χ3n) is 11.4. The van der Waals surface area contributed by atoms with Gasteiger partial charge < -0.3 is 4.42 Å². The molecule has 5 heteroatoms. The van der Waals surface area contributed by atoms with Crippen molar-refractivity contribution in [2.45, 2.75) is 0 Å². The van der Waals surface area contributed by atoms with Crippen molar-refractivity contribution >= 4 is 72.6 Å². The number of rotatable bonds is 7. The third-order valence-corrected chi connectivity index (χ3v) is 16.2. The van der Waals surface area contributed by atoms with Crippen LogP contribution in [-0.4, -0.2) is 22.6 Å². The molecule has 0 unspecified atom stereocenters. The average molecular weight is 746 g/mol. The van der Waals surface area contributed by atoms with E-state index >= 15 is 0 Å². The van der Waals surface area contributed by atoms with Crippen LogP contribution in [0.4, 0.5) is 0 Å². The van der Waals surface area contributed by atoms with E-state index in [1.54, 1.807) is 0 Å². The van der Waals surface area contributed by atoms with Gasteiger partial charge in [0.1, 0.15) is 11.1 Å². The highest BCUT2D eigenvalue weighted by Gasteiger charge is 2.41. The number of furan rings is 1. The van der Waals surface area contributed by atoms with E-state index in [-0.39, 0.29) is 0 Å². The first-order valence-corrected chi connectivity index (χ1v) is 21.3. The Morgan fingerprint density at radius 3 is 1.44 bits per heavy atom. The largest absolute Gasteiger partial charge is 0.454 e. The van der Waals surface area contributed by atoms with Gasteiger partial charge in [-0.1, -0.05) is 188 Å². The molecule has 3 aromatic heterocycles. The summed E-state index contributed by atoms with van der Waals surface area (Å²) < 4.78 is 9.06. The quantitative estimate of drug-likeness (QED) is 0.121. The first kappa shape index (κ1) is 33.0. The van der Waals surface area contributed by atoms with Crippen LogP contribution >= 0.6 is 0 Å². The molecule has 0 aliphatic carbocycles. The molecule has 0 bridgehead atoms. The predicted molar refractivity (Wildman–Crippen MR) is 238 cm³/mol. The van der Waals surface area contributed by atoms with Crippen molar-refractivity contribution in [1.82, 2.24) is 14.5 Å². The summed E-state index contributed by atoms with van der Waals surface area (Å²) >= 11 is 0. The van der Waals surface area contributed by atoms with Crippen LogP contribution in [0.2, 0.25) is 0 Å². The number of aromatic nitrogens is 3. The fourth-order valence-corrected chi connectivity index (χ4v) is 13.6. The van der Waals surface area contributed by atoms with Gasteiger partial charge in [-0.3, -0.25) is 4.57 Å². The summed E-state index contributed by atoms with van der Waals surface area (Å²) in [5.74, 6) is 0.591. The predicted octanol–water partition coefficient (Wildman–Crippen LogP) is 10.2. The maximum atomic E-state index is 6.82. The van der Waals surface area contributed by atoms with E-state index in [0.717, 1.165) is 66.3 Å². The zero-order valence-electron chi connectivity index (χ0n) is 31.0. The molecule has 0 aliphatic rings. The Morgan fingerprint density at radius 2 is 0.877 bits per heavy atom. The molecule has 4 nitrogen and oxygen atoms in total. The molecule has 0 radical (unpaired) electrons. The zero-order valence-corrected chi connectivity index (χ0v) is 32.0. The molecule has 268 valence electrons. The summed E-state index contributed by atoms with van der Waals surface area (Å²) in [4.78, 5) is 10.7. The summed E-state index contributed by atoms with van der Waals surface area (Å²) in [7, 11) is -2.82. The second kappa shape index (κ2) is 13.4. The Morgan fingerprint density at radius 1 is 0.386 bits per heavy atom. The van der Waals surface area contributed by atoms with Crippen molar-refractivity contribution < 1.29 is 4.42 Å². The number of fused-ring (bicyclic) bond motifs is 7. The molecule has 11 aromatic rings. The van der Waals surface area contributed by atoms with E-state index in [9.17, 15) is 0 Å². The Balaban J connectivity index is 1.28. The molecule has 0 atom stereocenters. The van der Waals surface area contributed by atoms with Crippen molar-refractivity contribution in [3.05, 3.63) is 212 Å². The second-order valence-electron chi connectivity index (χ2n) is 14.5. The van der Waals surface area contributed by atoms with Crippen LogP contribution in [0.1, 0.15) is 0 Å². The van der Waals surface area contributed by atoms with Crippen LogP contribution in [0.15, 0.2) is 217 Å². The van der Waals surface area contributed by atoms with Crippen LogP contribution in [0.5, 0.6) is 0 Å². The topological polar surface area (TPSA) is 43.9 Å². The Labute approximate surface area is 331 Å². The van der Waals surface area contributed by atoms with Crippen LogP contribution < -0.4 is 20.7 Å². The molecule has 0 saturated carbocycles. The summed E-state index contributed by atoms with van der Waals surface area (Å²) in [6.45, 7) is 0. The number of nitrogens with zero attached hydrogens (tertiary/aromatic N) is 3. The van der Waals surface area contributed by atoms with Crippen molar-refractivity contribution in [2.24, 2.45) is 0 Å². The summed E-state index contributed by atoms with van der Waals surface area (Å²) in [6, 6.07) is 75.9. The van der Waals surface area contributed by atoms with Crippen LogP contribution in [0.25, 0.3) is 72.2 Å². The Hall–Kier alpha value is -7.34. The van der Waals surface area contributed by atoms with E-state index in [0.29, 0.717) is 5.95 Å². The molecule has 0 fully saturated rings. The number of benzene rings is 8. The maximum absolute atomic E-state index is 6.82. The molecule has 0 saturated heterocycles. The van der Waals surface area contributed by atoms with E-state index in [4.69, 9.17) is 14.4 Å². The second-order valence-corrected chi connectivity index (χ2v) is 18.3. The number of hydrogen-bond donors (Lipinski definition) is 0. The minimum Gasteiger partial charge on any atom is -0.454 e. The van der Waals surface area contributed by atoms with E-state index in [1.807, 2.05) is 24.3 Å². The maximum Gasteiger partial charge on any atom is 0.235 e. The van der Waals surface area contributed by atoms with Crippen molar-refractivity contribution in [3.8, 4) is 28.5 Å². The van der Waals surface area contributed by atoms with Crippen molar-refractivity contribution in [2.75, 3.05) is 0 Å². The van der Waals surface area contributed by atoms with E-state index in [2.05, 4.69) is 193 Å². The van der Waals surface area contributed by atoms with Gasteiger partial charge in [-0.25, -0.2) is 9.97 Å². The van der Waals surface area contributed by atoms with Gasteiger partial charge in [0.15, 0.2) is 13.7 Å². The molecule has 11 rings (SSSR count). The molecule has 8 aromatic carbocycles. The van der Waals surface area contributed by atoms with Gasteiger partial charge in [0.2, 0.25) is 5.95 Å². The Kier molecular flexibility index (Phi) is 7.79. The molecule has 3 heterocycles. The van der Waals surface area contributed by atoms with Gasteiger partial charge >= 0.3 is 0 Å². The van der Waals surface area contributed by atoms with Crippen molar-refractivity contribution in [1.29, 1.82) is 0 Å². The minimum absolute atomic E-state index is 0.591. The van der Waals surface area contributed by atoms with Crippen LogP contribution in [0, 0.1) is 0 Å². The summed E-state index contributed by atoms with van der Waals surface area (Å²) in [6.07, 6.45) is 0. The van der Waals surface area contributed by atoms with E-state index < -0.39 is 8.07 Å². The first-order chi connectivity index (χ1) is 28.3. The SMILES string of the molecule is c1ccc(-c2cc(-c3ccccc3)nc(-n3c4ccc([Si](c5ccccc5)(c5ccccc5)c5ccccc5)cc4c4ccc5c6ccccc6oc5c43)n2)cc1. The molecular formula is C52H35N3OSi. The normalized spacial score (nSPS) is 11.9. The summed E-state index contributed by atoms with van der Waals surface area (Å²) in [5.41, 5.74) is 7.40. The fourth-order valence-electron chi connectivity index (χ4n) is 8.83. The van der Waals surface area contributed by atoms with Crippen LogP contribution in [-0.2, 0) is 0 Å². The Bertz CT molecular complexity index is 3060. The highest BCUT2D eigenvalue weighted by Crippen LogP contribution is 2.40. The fraction of sp³-hybridized carbons (Fsp3) is 0. The van der Waals surface area contributed by atoms with Gasteiger partial charge in [-0.15, -0.1) is 0 Å². The molecule has 0 amide bonds. The van der Waals surface area contributed by atoms with Gasteiger partial charge in [0.25, 0.3) is 0 Å². The minimum atomic E-state index is -2.82. The number of para-hydroxylation sites is 1. The van der Waals surface area contributed by atoms with Crippen LogP contribution in [0.3, 0.4) is 0 Å². The molecule has 0 N–H and O–H groups in total. The van der Waals surface area contributed by atoms with Crippen molar-refractivity contribution in [3.63, 3.8) is 0 Å². The van der Waals surface area contributed by atoms with E-state index in [1.165, 1.54) is 20.7 Å². The number of hydrogen-bond acceptors (Lipinski definition) is 3. The monoisotopic (exact) mass is 745 g/mol. The van der Waals surface area contributed by atoms with Gasteiger partial charge in [-0.2, -0.15) is 0 Å². The molecule has 57 heavy (non-hydrogen) atoms. The smallest absolute Gasteiger partial charge is 0.235 e. The highest BCUT2D eigenvalue weighted by atomic mass is 28.3. The zero-order chi connectivity index (χ0) is 37.8. The highest BCUT2D eigenvalue weighted by molar-refractivity contribution is 7.20. The standard InChI is InChI=1S/C52H35N3OSi/c1-6-18-36(19-7-1)46-35-47(37-20-8-2-9-21-37)54-52(53-46)55-48-33-30-41(34-45(48)43-31-32-44-42-28-16-17-29-49(42)56-51(44)50(43)55)57(38-22-10-3-11-23-38,39-24-12-4-13-25-39)40-26-14-5-15-27-40/h1-35H. The lowest BCUT2D eigenvalue weighted by atomic mass is 10.1. The lowest BCUT2D eigenvalue weighted by Gasteiger charge is -2.34. The third kappa shape index (κ3) is 5.28. The lowest BCUT2D eigenvalue weighted by molar-refractivity contribution is 0.670. The first-order valence-electron chi connectivity index (χ1n) is 19.3. The lowest BCUT2D eigenvalue weighted by Crippen LogP contribution is -2.74. The molecular weight excluding hydrogens is 711 g/mol. The van der Waals surface area contributed by atoms with Gasteiger partial charge in [-0.05, 0) is 45.0 Å². The average Bonchev–Trinajstić information content (AvgIpc) is 3.84. The van der Waals surface area contributed by atoms with Gasteiger partial charge in [0, 0.05) is 32.7 Å². The molecule has 0 spiro atoms. The van der Waals surface area contributed by atoms with Gasteiger partial charge in [0.05, 0.1) is 16.9 Å². The summed E-state index contributed by atoms with van der Waals surface area (Å²) in [5, 5.41) is 9.65. The molecule has 0 aliphatic heterocycles.